The van der Waals surface area contributed by atoms with E-state index in [0.717, 1.165) is 0 Å². The number of benzene rings is 1. The maximum absolute atomic E-state index is 11.2. The average molecular weight is 434 g/mol. The smallest absolute Gasteiger partial charge is 0.407 e. The van der Waals surface area contributed by atoms with Crippen molar-refractivity contribution in [3.63, 3.8) is 0 Å². The van der Waals surface area contributed by atoms with E-state index in [-0.39, 0.29) is 16.5 Å². The molecule has 1 unspecified atom stereocenters. The van der Waals surface area contributed by atoms with Gasteiger partial charge in [0.15, 0.2) is 0 Å². The summed E-state index contributed by atoms with van der Waals surface area (Å²) in [5, 5.41) is 13.5. The highest BCUT2D eigenvalue weighted by Gasteiger charge is 2.29. The first kappa shape index (κ1) is 21.5. The Morgan fingerprint density at radius 3 is 2.67 bits per heavy atom. The number of hydrogen-bond donors (Lipinski definition) is 1. The van der Waals surface area contributed by atoms with Crippen LogP contribution >= 0.6 is 56.4 Å². The number of hydrogen-bond acceptors (Lipinski definition) is 6. The molecule has 0 aromatic heterocycles. The lowest BCUT2D eigenvalue weighted by molar-refractivity contribution is -0.385. The first-order valence-electron chi connectivity index (χ1n) is 6.74. The molecule has 0 saturated heterocycles. The summed E-state index contributed by atoms with van der Waals surface area (Å²) in [4.78, 5) is 22.2. The van der Waals surface area contributed by atoms with Crippen LogP contribution in [0.15, 0.2) is 23.1 Å². The Hall–Kier alpha value is -0.540. The summed E-state index contributed by atoms with van der Waals surface area (Å²) in [5.74, 6) is 0. The second-order valence-electron chi connectivity index (χ2n) is 4.53. The van der Waals surface area contributed by atoms with Crippen molar-refractivity contribution in [2.75, 3.05) is 13.2 Å². The zero-order chi connectivity index (χ0) is 18.3. The van der Waals surface area contributed by atoms with E-state index in [1.54, 1.807) is 13.0 Å². The van der Waals surface area contributed by atoms with Crippen LogP contribution < -0.4 is 5.32 Å². The molecule has 0 heterocycles. The average Bonchev–Trinajstić information content (AvgIpc) is 2.50. The number of nitrogens with zero attached hydrogens (tertiary/aromatic N) is 1. The molecule has 0 aliphatic heterocycles. The van der Waals surface area contributed by atoms with Gasteiger partial charge in [0.1, 0.15) is 0 Å². The van der Waals surface area contributed by atoms with Gasteiger partial charge in [0.2, 0.25) is 3.79 Å². The van der Waals surface area contributed by atoms with Crippen molar-refractivity contribution in [1.82, 2.24) is 5.32 Å². The highest BCUT2D eigenvalue weighted by Crippen LogP contribution is 2.47. The van der Waals surface area contributed by atoms with Crippen LogP contribution in [0, 0.1) is 10.1 Å². The first-order chi connectivity index (χ1) is 11.1. The molecule has 0 aliphatic carbocycles. The molecule has 1 aromatic rings. The van der Waals surface area contributed by atoms with Crippen LogP contribution in [0.3, 0.4) is 0 Å². The second kappa shape index (κ2) is 9.82. The van der Waals surface area contributed by atoms with Gasteiger partial charge >= 0.3 is 6.09 Å². The van der Waals surface area contributed by atoms with E-state index in [9.17, 15) is 14.9 Å². The Kier molecular flexibility index (Phi) is 8.80. The van der Waals surface area contributed by atoms with E-state index < -0.39 is 14.8 Å². The normalized spacial score (nSPS) is 12.5. The number of halogens is 3. The fourth-order valence-electron chi connectivity index (χ4n) is 1.50. The van der Waals surface area contributed by atoms with Crippen molar-refractivity contribution in [1.29, 1.82) is 0 Å². The van der Waals surface area contributed by atoms with Gasteiger partial charge in [0.05, 0.1) is 11.5 Å². The highest BCUT2D eigenvalue weighted by molar-refractivity contribution is 8.77. The Morgan fingerprint density at radius 2 is 2.12 bits per heavy atom. The number of ether oxygens (including phenoxy) is 1. The van der Waals surface area contributed by atoms with Crippen LogP contribution in [0.2, 0.25) is 0 Å². The molecule has 11 heteroatoms. The lowest BCUT2D eigenvalue weighted by Crippen LogP contribution is -2.29. The maximum atomic E-state index is 11.2. The van der Waals surface area contributed by atoms with E-state index >= 15 is 0 Å². The van der Waals surface area contributed by atoms with E-state index in [0.29, 0.717) is 18.0 Å². The van der Waals surface area contributed by atoms with Gasteiger partial charge < -0.3 is 10.1 Å². The number of amides is 1. The van der Waals surface area contributed by atoms with Crippen molar-refractivity contribution in [2.24, 2.45) is 0 Å². The van der Waals surface area contributed by atoms with E-state index in [1.807, 2.05) is 6.92 Å². The topological polar surface area (TPSA) is 81.5 Å². The Balaban J connectivity index is 2.73. The summed E-state index contributed by atoms with van der Waals surface area (Å²) in [6.45, 7) is 4.33. The van der Waals surface area contributed by atoms with Crippen molar-refractivity contribution in [3.05, 3.63) is 33.9 Å². The molecule has 0 spiro atoms. The standard InChI is InChI=1S/C13H15Cl3N2O4S2/c1-3-22-12(19)17-7-8(2)23-24-11-5-4-9(18(20)21)6-10(11)13(14,15)16/h4-6,8H,3,7H2,1-2H3,(H,17,19). The fraction of sp³-hybridized carbons (Fsp3) is 0.462. The number of non-ortho nitro benzene ring substituents is 1. The van der Waals surface area contributed by atoms with Crippen molar-refractivity contribution in [3.8, 4) is 0 Å². The summed E-state index contributed by atoms with van der Waals surface area (Å²) < 4.78 is 3.00. The molecule has 0 saturated carbocycles. The quantitative estimate of drug-likeness (QED) is 0.272. The number of nitrogens with one attached hydrogen (secondary N) is 1. The van der Waals surface area contributed by atoms with Crippen LogP contribution in [0.4, 0.5) is 10.5 Å². The largest absolute Gasteiger partial charge is 0.450 e. The number of carbonyl (C=O) groups is 1. The molecule has 0 radical (unpaired) electrons. The first-order valence-corrected chi connectivity index (χ1v) is 10.1. The molecule has 6 nitrogen and oxygen atoms in total. The Labute approximate surface area is 162 Å². The molecule has 1 aromatic carbocycles. The molecule has 1 atom stereocenters. The van der Waals surface area contributed by atoms with E-state index in [1.165, 1.54) is 33.7 Å². The fourth-order valence-corrected chi connectivity index (χ4v) is 4.43. The van der Waals surface area contributed by atoms with Gasteiger partial charge in [-0.3, -0.25) is 10.1 Å². The molecule has 1 amide bonds. The molecule has 0 bridgehead atoms. The van der Waals surface area contributed by atoms with Crippen LogP contribution in [0.5, 0.6) is 0 Å². The summed E-state index contributed by atoms with van der Waals surface area (Å²) in [7, 11) is 2.75. The van der Waals surface area contributed by atoms with Gasteiger partial charge in [-0.15, -0.1) is 0 Å². The highest BCUT2D eigenvalue weighted by atomic mass is 35.6. The van der Waals surface area contributed by atoms with Crippen LogP contribution in [0.25, 0.3) is 0 Å². The molecule has 0 fully saturated rings. The maximum Gasteiger partial charge on any atom is 0.407 e. The number of nitro benzene ring substituents is 1. The number of carbonyl (C=O) groups excluding carboxylic acids is 1. The van der Waals surface area contributed by atoms with Gasteiger partial charge in [0.25, 0.3) is 5.69 Å². The van der Waals surface area contributed by atoms with Crippen molar-refractivity contribution >= 4 is 68.2 Å². The summed E-state index contributed by atoms with van der Waals surface area (Å²) in [5.41, 5.74) is 0.0902. The third-order valence-electron chi connectivity index (χ3n) is 2.59. The third-order valence-corrected chi connectivity index (χ3v) is 6.14. The number of alkyl halides is 3. The van der Waals surface area contributed by atoms with Gasteiger partial charge in [0, 0.05) is 34.4 Å². The van der Waals surface area contributed by atoms with Crippen LogP contribution in [-0.2, 0) is 8.53 Å². The predicted molar refractivity (Wildman–Crippen MR) is 100 cm³/mol. The van der Waals surface area contributed by atoms with E-state index in [4.69, 9.17) is 39.5 Å². The SMILES string of the molecule is CCOC(=O)NCC(C)SSc1ccc([N+](=O)[O-])cc1C(Cl)(Cl)Cl. The zero-order valence-corrected chi connectivity index (χ0v) is 16.7. The third kappa shape index (κ3) is 7.14. The van der Waals surface area contributed by atoms with Gasteiger partial charge in [-0.05, 0) is 13.0 Å². The van der Waals surface area contributed by atoms with E-state index in [2.05, 4.69) is 5.32 Å². The van der Waals surface area contributed by atoms with Crippen LogP contribution in [-0.4, -0.2) is 29.4 Å². The minimum Gasteiger partial charge on any atom is -0.450 e. The molecule has 24 heavy (non-hydrogen) atoms. The lowest BCUT2D eigenvalue weighted by atomic mass is 10.2. The molecule has 1 N–H and O–H groups in total. The number of alkyl carbamates (subject to hydrolysis) is 1. The molecule has 134 valence electrons. The predicted octanol–water partition coefficient (Wildman–Crippen LogP) is 5.30. The zero-order valence-electron chi connectivity index (χ0n) is 12.8. The van der Waals surface area contributed by atoms with Crippen LogP contribution in [0.1, 0.15) is 19.4 Å². The van der Waals surface area contributed by atoms with Gasteiger partial charge in [-0.2, -0.15) is 0 Å². The molecule has 1 rings (SSSR count). The van der Waals surface area contributed by atoms with Gasteiger partial charge in [-0.25, -0.2) is 4.79 Å². The second-order valence-corrected chi connectivity index (χ2v) is 9.49. The lowest BCUT2D eigenvalue weighted by Gasteiger charge is -2.17. The minimum atomic E-state index is -1.78. The Morgan fingerprint density at radius 1 is 1.46 bits per heavy atom. The summed E-state index contributed by atoms with van der Waals surface area (Å²) in [6.07, 6.45) is -0.479. The summed E-state index contributed by atoms with van der Waals surface area (Å²) in [6, 6.07) is 4.14. The minimum absolute atomic E-state index is 0.0397. The monoisotopic (exact) mass is 432 g/mol. The van der Waals surface area contributed by atoms with Gasteiger partial charge in [-0.1, -0.05) is 63.3 Å². The number of nitro groups is 1. The van der Waals surface area contributed by atoms with Crippen molar-refractivity contribution < 1.29 is 14.5 Å². The molecular weight excluding hydrogens is 419 g/mol. The number of rotatable bonds is 7. The summed E-state index contributed by atoms with van der Waals surface area (Å²) >= 11 is 17.7. The molecular formula is C13H15Cl3N2O4S2. The molecule has 0 aliphatic rings. The van der Waals surface area contributed by atoms with Crippen molar-refractivity contribution in [2.45, 2.75) is 27.8 Å². The Bertz CT molecular complexity index is 599.